The van der Waals surface area contributed by atoms with Gasteiger partial charge in [-0.1, -0.05) is 0 Å². The molecule has 0 unspecified atom stereocenters. The van der Waals surface area contributed by atoms with Crippen LogP contribution < -0.4 is 10.1 Å². The lowest BCUT2D eigenvalue weighted by molar-refractivity contribution is -0.153. The summed E-state index contributed by atoms with van der Waals surface area (Å²) in [6, 6.07) is 1.67. The van der Waals surface area contributed by atoms with Crippen molar-refractivity contribution >= 4 is 11.9 Å². The molecule has 1 aliphatic heterocycles. The molecule has 7 nitrogen and oxygen atoms in total. The van der Waals surface area contributed by atoms with Gasteiger partial charge in [0.15, 0.2) is 6.10 Å². The third kappa shape index (κ3) is 3.54. The Bertz CT molecular complexity index is 441. The number of rotatable bonds is 5. The fourth-order valence-electron chi connectivity index (χ4n) is 1.78. The minimum atomic E-state index is -0.546. The maximum Gasteiger partial charge on any atom is 0.335 e. The molecule has 1 aromatic heterocycles. The van der Waals surface area contributed by atoms with E-state index < -0.39 is 6.10 Å². The normalized spacial score (nSPS) is 22.0. The van der Waals surface area contributed by atoms with Crippen molar-refractivity contribution in [2.75, 3.05) is 25.6 Å². The number of carbonyl (C=O) groups excluding carboxylic acids is 1. The lowest BCUT2D eigenvalue weighted by Gasteiger charge is -2.11. The second kappa shape index (κ2) is 6.33. The van der Waals surface area contributed by atoms with Crippen molar-refractivity contribution in [2.45, 2.75) is 25.6 Å². The zero-order valence-corrected chi connectivity index (χ0v) is 11.0. The van der Waals surface area contributed by atoms with Gasteiger partial charge in [0.2, 0.25) is 11.8 Å². The van der Waals surface area contributed by atoms with Crippen LogP contribution in [0.5, 0.6) is 5.88 Å². The molecule has 0 saturated carbocycles. The van der Waals surface area contributed by atoms with E-state index in [2.05, 4.69) is 15.3 Å². The molecule has 1 aromatic rings. The van der Waals surface area contributed by atoms with Gasteiger partial charge in [0.1, 0.15) is 6.10 Å². The Labute approximate surface area is 111 Å². The first-order chi connectivity index (χ1) is 9.22. The van der Waals surface area contributed by atoms with Gasteiger partial charge >= 0.3 is 5.97 Å². The predicted molar refractivity (Wildman–Crippen MR) is 67.0 cm³/mol. The van der Waals surface area contributed by atoms with Crippen molar-refractivity contribution in [1.29, 1.82) is 0 Å². The molecule has 1 N–H and O–H groups in total. The Balaban J connectivity index is 1.89. The molecule has 0 aromatic carbocycles. The SMILES string of the molecule is CCOC(=O)[C@H]1C[C@H](Oc2ccnc(NC)n2)CO1. The molecule has 1 fully saturated rings. The number of hydrogen-bond acceptors (Lipinski definition) is 7. The predicted octanol–water partition coefficient (Wildman–Crippen LogP) is 0.618. The highest BCUT2D eigenvalue weighted by Crippen LogP contribution is 2.20. The number of esters is 1. The molecule has 2 atom stereocenters. The second-order valence-corrected chi connectivity index (χ2v) is 4.02. The van der Waals surface area contributed by atoms with Crippen molar-refractivity contribution in [3.8, 4) is 5.88 Å². The molecule has 7 heteroatoms. The molecule has 0 amide bonds. The van der Waals surface area contributed by atoms with E-state index >= 15 is 0 Å². The fraction of sp³-hybridized carbons (Fsp3) is 0.583. The second-order valence-electron chi connectivity index (χ2n) is 4.02. The van der Waals surface area contributed by atoms with E-state index in [0.29, 0.717) is 31.5 Å². The molecular weight excluding hydrogens is 250 g/mol. The van der Waals surface area contributed by atoms with E-state index in [1.807, 2.05) is 0 Å². The minimum absolute atomic E-state index is 0.200. The summed E-state index contributed by atoms with van der Waals surface area (Å²) in [5.74, 6) is 0.600. The van der Waals surface area contributed by atoms with Crippen LogP contribution in [0.2, 0.25) is 0 Å². The van der Waals surface area contributed by atoms with Crippen LogP contribution in [-0.2, 0) is 14.3 Å². The molecule has 0 aliphatic carbocycles. The smallest absolute Gasteiger partial charge is 0.335 e. The van der Waals surface area contributed by atoms with Crippen LogP contribution in [0.25, 0.3) is 0 Å². The van der Waals surface area contributed by atoms with E-state index in [1.54, 1.807) is 26.2 Å². The number of ether oxygens (including phenoxy) is 3. The Morgan fingerprint density at radius 1 is 1.63 bits per heavy atom. The molecule has 1 aliphatic rings. The first-order valence-electron chi connectivity index (χ1n) is 6.18. The Hall–Kier alpha value is -1.89. The molecular formula is C12H17N3O4. The molecule has 0 radical (unpaired) electrons. The van der Waals surface area contributed by atoms with E-state index in [4.69, 9.17) is 14.2 Å². The maximum absolute atomic E-state index is 11.5. The van der Waals surface area contributed by atoms with Crippen molar-refractivity contribution < 1.29 is 19.0 Å². The largest absolute Gasteiger partial charge is 0.472 e. The van der Waals surface area contributed by atoms with Gasteiger partial charge in [0.25, 0.3) is 0 Å². The average molecular weight is 267 g/mol. The summed E-state index contributed by atoms with van der Waals surface area (Å²) in [5.41, 5.74) is 0. The molecule has 104 valence electrons. The van der Waals surface area contributed by atoms with Crippen LogP contribution in [0.1, 0.15) is 13.3 Å². The summed E-state index contributed by atoms with van der Waals surface area (Å²) >= 11 is 0. The van der Waals surface area contributed by atoms with E-state index in [1.165, 1.54) is 0 Å². The number of nitrogens with zero attached hydrogens (tertiary/aromatic N) is 2. The molecule has 0 bridgehead atoms. The zero-order valence-electron chi connectivity index (χ0n) is 11.0. The van der Waals surface area contributed by atoms with Crippen LogP contribution in [-0.4, -0.2) is 48.4 Å². The summed E-state index contributed by atoms with van der Waals surface area (Å²) < 4.78 is 15.9. The standard InChI is InChI=1S/C12H17N3O4/c1-3-17-11(16)9-6-8(7-18-9)19-10-4-5-14-12(13-2)15-10/h4-5,8-9H,3,6-7H2,1-2H3,(H,13,14,15)/t8-,9+/m0/s1. The summed E-state index contributed by atoms with van der Waals surface area (Å²) in [7, 11) is 1.73. The lowest BCUT2D eigenvalue weighted by atomic mass is 10.2. The first kappa shape index (κ1) is 13.5. The Kier molecular flexibility index (Phi) is 4.51. The monoisotopic (exact) mass is 267 g/mol. The minimum Gasteiger partial charge on any atom is -0.472 e. The summed E-state index contributed by atoms with van der Waals surface area (Å²) in [6.07, 6.45) is 1.33. The van der Waals surface area contributed by atoms with Gasteiger partial charge in [-0.25, -0.2) is 9.78 Å². The zero-order chi connectivity index (χ0) is 13.7. The highest BCUT2D eigenvalue weighted by Gasteiger charge is 2.33. The first-order valence-corrected chi connectivity index (χ1v) is 6.18. The van der Waals surface area contributed by atoms with Crippen molar-refractivity contribution in [3.63, 3.8) is 0 Å². The van der Waals surface area contributed by atoms with Gasteiger partial charge < -0.3 is 19.5 Å². The third-order valence-corrected chi connectivity index (χ3v) is 2.65. The van der Waals surface area contributed by atoms with Gasteiger partial charge in [-0.15, -0.1) is 0 Å². The molecule has 1 saturated heterocycles. The highest BCUT2D eigenvalue weighted by molar-refractivity contribution is 5.75. The molecule has 19 heavy (non-hydrogen) atoms. The van der Waals surface area contributed by atoms with Gasteiger partial charge in [0.05, 0.1) is 13.2 Å². The number of aromatic nitrogens is 2. The molecule has 0 spiro atoms. The number of hydrogen-bond donors (Lipinski definition) is 1. The summed E-state index contributed by atoms with van der Waals surface area (Å²) in [4.78, 5) is 19.6. The van der Waals surface area contributed by atoms with Gasteiger partial charge in [-0.05, 0) is 6.92 Å². The number of carbonyl (C=O) groups is 1. The molecule has 2 heterocycles. The summed E-state index contributed by atoms with van der Waals surface area (Å²) in [5, 5.41) is 2.83. The van der Waals surface area contributed by atoms with Crippen LogP contribution in [0, 0.1) is 0 Å². The van der Waals surface area contributed by atoms with Gasteiger partial charge in [-0.2, -0.15) is 4.98 Å². The van der Waals surface area contributed by atoms with Crippen molar-refractivity contribution in [3.05, 3.63) is 12.3 Å². The van der Waals surface area contributed by atoms with Crippen molar-refractivity contribution in [1.82, 2.24) is 9.97 Å². The molecule has 2 rings (SSSR count). The van der Waals surface area contributed by atoms with Gasteiger partial charge in [0, 0.05) is 25.7 Å². The van der Waals surface area contributed by atoms with E-state index in [0.717, 1.165) is 0 Å². The van der Waals surface area contributed by atoms with E-state index in [-0.39, 0.29) is 12.1 Å². The van der Waals surface area contributed by atoms with Crippen LogP contribution >= 0.6 is 0 Å². The fourth-order valence-corrected chi connectivity index (χ4v) is 1.78. The van der Waals surface area contributed by atoms with E-state index in [9.17, 15) is 4.79 Å². The van der Waals surface area contributed by atoms with Gasteiger partial charge in [-0.3, -0.25) is 0 Å². The van der Waals surface area contributed by atoms with Crippen LogP contribution in [0.15, 0.2) is 12.3 Å². The number of nitrogens with one attached hydrogen (secondary N) is 1. The highest BCUT2D eigenvalue weighted by atomic mass is 16.6. The van der Waals surface area contributed by atoms with Crippen LogP contribution in [0.4, 0.5) is 5.95 Å². The quantitative estimate of drug-likeness (QED) is 0.783. The van der Waals surface area contributed by atoms with Crippen molar-refractivity contribution in [2.24, 2.45) is 0 Å². The summed E-state index contributed by atoms with van der Waals surface area (Å²) in [6.45, 7) is 2.46. The van der Waals surface area contributed by atoms with Crippen LogP contribution in [0.3, 0.4) is 0 Å². The topological polar surface area (TPSA) is 82.6 Å². The Morgan fingerprint density at radius 3 is 3.21 bits per heavy atom. The average Bonchev–Trinajstić information content (AvgIpc) is 2.88. The maximum atomic E-state index is 11.5. The third-order valence-electron chi connectivity index (χ3n) is 2.65. The number of anilines is 1. The lowest BCUT2D eigenvalue weighted by Crippen LogP contribution is -2.23. The Morgan fingerprint density at radius 2 is 2.47 bits per heavy atom.